The number of rotatable bonds is 7. The largest absolute Gasteiger partial charge is 0.396 e. The second-order valence-corrected chi connectivity index (χ2v) is 6.09. The van der Waals surface area contributed by atoms with E-state index in [0.717, 1.165) is 19.4 Å². The molecule has 1 atom stereocenters. The number of aliphatic hydroxyl groups is 1. The van der Waals surface area contributed by atoms with Crippen LogP contribution in [0.3, 0.4) is 0 Å². The van der Waals surface area contributed by atoms with Crippen molar-refractivity contribution in [2.24, 2.45) is 0 Å². The highest BCUT2D eigenvalue weighted by atomic mass is 32.1. The van der Waals surface area contributed by atoms with Gasteiger partial charge in [0.1, 0.15) is 0 Å². The summed E-state index contributed by atoms with van der Waals surface area (Å²) in [7, 11) is 0. The number of benzene rings is 1. The van der Waals surface area contributed by atoms with E-state index in [-0.39, 0.29) is 6.61 Å². The predicted octanol–water partition coefficient (Wildman–Crippen LogP) is 3.66. The van der Waals surface area contributed by atoms with Crippen LogP contribution in [0.1, 0.15) is 34.2 Å². The Labute approximate surface area is 119 Å². The van der Waals surface area contributed by atoms with E-state index in [2.05, 4.69) is 48.6 Å². The monoisotopic (exact) mass is 275 g/mol. The summed E-state index contributed by atoms with van der Waals surface area (Å²) in [6, 6.07) is 15.1. The quantitative estimate of drug-likeness (QED) is 0.808. The maximum Gasteiger partial charge on any atom is 0.0431 e. The highest BCUT2D eigenvalue weighted by molar-refractivity contribution is 7.11. The average molecular weight is 275 g/mol. The van der Waals surface area contributed by atoms with E-state index in [1.54, 1.807) is 0 Å². The van der Waals surface area contributed by atoms with Gasteiger partial charge in [0.25, 0.3) is 0 Å². The fraction of sp³-hybridized carbons (Fsp3) is 0.375. The van der Waals surface area contributed by atoms with Crippen molar-refractivity contribution in [2.45, 2.75) is 32.4 Å². The number of hydrogen-bond donors (Lipinski definition) is 2. The summed E-state index contributed by atoms with van der Waals surface area (Å²) in [5.74, 6) is 0. The van der Waals surface area contributed by atoms with E-state index in [9.17, 15) is 0 Å². The Balaban J connectivity index is 1.97. The molecule has 0 aliphatic carbocycles. The number of nitrogens with one attached hydrogen (secondary N) is 1. The highest BCUT2D eigenvalue weighted by Gasteiger charge is 2.10. The molecule has 0 aliphatic rings. The van der Waals surface area contributed by atoms with E-state index in [0.29, 0.717) is 6.04 Å². The standard InChI is InChI=1S/C16H21NOS/c1-13-9-10-15(19-13)12-17-16(8-5-11-18)14-6-3-2-4-7-14/h2-4,6-7,9-10,16-18H,5,8,11-12H2,1H3. The molecule has 0 fully saturated rings. The van der Waals surface area contributed by atoms with Crippen LogP contribution in [0.5, 0.6) is 0 Å². The Morgan fingerprint density at radius 2 is 1.95 bits per heavy atom. The number of aliphatic hydroxyl groups excluding tert-OH is 1. The van der Waals surface area contributed by atoms with Crippen LogP contribution < -0.4 is 5.32 Å². The molecule has 3 heteroatoms. The van der Waals surface area contributed by atoms with Crippen molar-refractivity contribution in [3.8, 4) is 0 Å². The van der Waals surface area contributed by atoms with Gasteiger partial charge in [-0.3, -0.25) is 0 Å². The third kappa shape index (κ3) is 4.46. The summed E-state index contributed by atoms with van der Waals surface area (Å²) < 4.78 is 0. The number of thiophene rings is 1. The number of hydrogen-bond acceptors (Lipinski definition) is 3. The van der Waals surface area contributed by atoms with Crippen LogP contribution >= 0.6 is 11.3 Å². The zero-order valence-corrected chi connectivity index (χ0v) is 12.1. The minimum atomic E-state index is 0.253. The van der Waals surface area contributed by atoms with Gasteiger partial charge in [0.2, 0.25) is 0 Å². The molecule has 0 saturated heterocycles. The lowest BCUT2D eigenvalue weighted by atomic mass is 10.0. The molecule has 2 nitrogen and oxygen atoms in total. The van der Waals surface area contributed by atoms with Gasteiger partial charge in [0.05, 0.1) is 0 Å². The van der Waals surface area contributed by atoms with Crippen molar-refractivity contribution in [1.82, 2.24) is 5.32 Å². The molecule has 1 aromatic carbocycles. The summed E-state index contributed by atoms with van der Waals surface area (Å²) in [4.78, 5) is 2.71. The Hall–Kier alpha value is -1.16. The zero-order chi connectivity index (χ0) is 13.5. The lowest BCUT2D eigenvalue weighted by Gasteiger charge is -2.18. The molecule has 0 saturated carbocycles. The lowest BCUT2D eigenvalue weighted by molar-refractivity contribution is 0.275. The molecule has 0 amide bonds. The maximum absolute atomic E-state index is 9.02. The van der Waals surface area contributed by atoms with E-state index >= 15 is 0 Å². The summed E-state index contributed by atoms with van der Waals surface area (Å²) in [6.07, 6.45) is 1.79. The molecule has 1 aromatic heterocycles. The summed E-state index contributed by atoms with van der Waals surface area (Å²) in [6.45, 7) is 3.28. The van der Waals surface area contributed by atoms with Crippen molar-refractivity contribution < 1.29 is 5.11 Å². The van der Waals surface area contributed by atoms with Crippen molar-refractivity contribution in [3.05, 3.63) is 57.8 Å². The molecule has 0 bridgehead atoms. The fourth-order valence-electron chi connectivity index (χ4n) is 2.17. The first kappa shape index (κ1) is 14.3. The van der Waals surface area contributed by atoms with Crippen LogP contribution in [0.2, 0.25) is 0 Å². The van der Waals surface area contributed by atoms with Crippen LogP contribution in [0.25, 0.3) is 0 Å². The van der Waals surface area contributed by atoms with Gasteiger partial charge in [-0.15, -0.1) is 11.3 Å². The third-order valence-corrected chi connectivity index (χ3v) is 4.17. The minimum Gasteiger partial charge on any atom is -0.396 e. The van der Waals surface area contributed by atoms with Crippen LogP contribution in [-0.4, -0.2) is 11.7 Å². The molecule has 1 unspecified atom stereocenters. The van der Waals surface area contributed by atoms with Gasteiger partial charge in [-0.2, -0.15) is 0 Å². The molecule has 0 radical (unpaired) electrons. The molecule has 2 N–H and O–H groups in total. The lowest BCUT2D eigenvalue weighted by Crippen LogP contribution is -2.20. The molecule has 1 heterocycles. The van der Waals surface area contributed by atoms with E-state index in [1.165, 1.54) is 15.3 Å². The van der Waals surface area contributed by atoms with E-state index < -0.39 is 0 Å². The van der Waals surface area contributed by atoms with Crippen LogP contribution in [0.4, 0.5) is 0 Å². The molecule has 19 heavy (non-hydrogen) atoms. The highest BCUT2D eigenvalue weighted by Crippen LogP contribution is 2.21. The zero-order valence-electron chi connectivity index (χ0n) is 11.3. The number of aryl methyl sites for hydroxylation is 1. The Kier molecular flexibility index (Phi) is 5.58. The predicted molar refractivity (Wildman–Crippen MR) is 81.4 cm³/mol. The van der Waals surface area contributed by atoms with Gasteiger partial charge >= 0.3 is 0 Å². The SMILES string of the molecule is Cc1ccc(CNC(CCCO)c2ccccc2)s1. The first-order chi connectivity index (χ1) is 9.29. The normalized spacial score (nSPS) is 12.5. The van der Waals surface area contributed by atoms with Crippen molar-refractivity contribution in [1.29, 1.82) is 0 Å². The molecule has 0 aliphatic heterocycles. The van der Waals surface area contributed by atoms with Gasteiger partial charge in [-0.05, 0) is 37.5 Å². The van der Waals surface area contributed by atoms with E-state index in [4.69, 9.17) is 5.11 Å². The molecule has 2 rings (SSSR count). The van der Waals surface area contributed by atoms with Crippen LogP contribution in [-0.2, 0) is 6.54 Å². The molecular formula is C16H21NOS. The molecular weight excluding hydrogens is 254 g/mol. The van der Waals surface area contributed by atoms with Gasteiger partial charge in [0, 0.05) is 28.9 Å². The summed E-state index contributed by atoms with van der Waals surface area (Å²) in [5, 5.41) is 12.6. The Bertz CT molecular complexity index is 481. The third-order valence-electron chi connectivity index (χ3n) is 3.17. The van der Waals surface area contributed by atoms with Crippen LogP contribution in [0.15, 0.2) is 42.5 Å². The molecule has 2 aromatic rings. The Morgan fingerprint density at radius 1 is 1.16 bits per heavy atom. The average Bonchev–Trinajstić information content (AvgIpc) is 2.86. The topological polar surface area (TPSA) is 32.3 Å². The van der Waals surface area contributed by atoms with Crippen LogP contribution in [0, 0.1) is 6.92 Å². The van der Waals surface area contributed by atoms with Gasteiger partial charge in [0.15, 0.2) is 0 Å². The second-order valence-electron chi connectivity index (χ2n) is 4.72. The van der Waals surface area contributed by atoms with Crippen molar-refractivity contribution in [3.63, 3.8) is 0 Å². The maximum atomic E-state index is 9.02. The first-order valence-corrected chi connectivity index (χ1v) is 7.56. The summed E-state index contributed by atoms with van der Waals surface area (Å²) in [5.41, 5.74) is 1.30. The van der Waals surface area contributed by atoms with Crippen molar-refractivity contribution >= 4 is 11.3 Å². The fourth-order valence-corrected chi connectivity index (χ4v) is 3.01. The van der Waals surface area contributed by atoms with E-state index in [1.807, 2.05) is 17.4 Å². The summed E-state index contributed by atoms with van der Waals surface area (Å²) >= 11 is 1.84. The smallest absolute Gasteiger partial charge is 0.0431 e. The Morgan fingerprint density at radius 3 is 2.58 bits per heavy atom. The molecule has 0 spiro atoms. The van der Waals surface area contributed by atoms with Crippen molar-refractivity contribution in [2.75, 3.05) is 6.61 Å². The minimum absolute atomic E-state index is 0.253. The van der Waals surface area contributed by atoms with Gasteiger partial charge in [-0.1, -0.05) is 30.3 Å². The first-order valence-electron chi connectivity index (χ1n) is 6.74. The van der Waals surface area contributed by atoms with Gasteiger partial charge < -0.3 is 10.4 Å². The second kappa shape index (κ2) is 7.43. The molecule has 102 valence electrons. The van der Waals surface area contributed by atoms with Gasteiger partial charge in [-0.25, -0.2) is 0 Å².